The van der Waals surface area contributed by atoms with Crippen LogP contribution >= 0.6 is 0 Å². The predicted octanol–water partition coefficient (Wildman–Crippen LogP) is 3.59. The van der Waals surface area contributed by atoms with Crippen LogP contribution in [0, 0.1) is 0 Å². The highest BCUT2D eigenvalue weighted by Gasteiger charge is 1.99. The molecular formula is C11H21N3O2. The molecule has 0 radical (unpaired) electrons. The van der Waals surface area contributed by atoms with Crippen molar-refractivity contribution in [2.75, 3.05) is 13.2 Å². The highest BCUT2D eigenvalue weighted by Crippen LogP contribution is 2.06. The lowest BCUT2D eigenvalue weighted by atomic mass is 10.1. The molecule has 5 nitrogen and oxygen atoms in total. The molecule has 0 bridgehead atoms. The van der Waals surface area contributed by atoms with Crippen molar-refractivity contribution in [3.8, 4) is 0 Å². The zero-order chi connectivity index (χ0) is 12.1. The van der Waals surface area contributed by atoms with Gasteiger partial charge in [0.1, 0.15) is 6.54 Å². The van der Waals surface area contributed by atoms with Crippen LogP contribution in [-0.2, 0) is 9.53 Å². The molecule has 0 saturated carbocycles. The minimum atomic E-state index is -0.441. The summed E-state index contributed by atoms with van der Waals surface area (Å²) in [5.41, 5.74) is 7.98. The highest BCUT2D eigenvalue weighted by atomic mass is 16.5. The Bertz CT molecular complexity index is 225. The molecule has 0 aromatic carbocycles. The molecular weight excluding hydrogens is 206 g/mol. The lowest BCUT2D eigenvalue weighted by Crippen LogP contribution is -2.08. The van der Waals surface area contributed by atoms with Crippen LogP contribution in [0.3, 0.4) is 0 Å². The van der Waals surface area contributed by atoms with Gasteiger partial charge in [0.2, 0.25) is 0 Å². The van der Waals surface area contributed by atoms with E-state index in [2.05, 4.69) is 16.9 Å². The van der Waals surface area contributed by atoms with E-state index in [-0.39, 0.29) is 6.54 Å². The third-order valence-corrected chi connectivity index (χ3v) is 2.27. The first-order chi connectivity index (χ1) is 7.81. The Morgan fingerprint density at radius 1 is 1.19 bits per heavy atom. The molecule has 0 aromatic rings. The summed E-state index contributed by atoms with van der Waals surface area (Å²) in [6.07, 6.45) is 8.33. The number of hydrogen-bond donors (Lipinski definition) is 0. The van der Waals surface area contributed by atoms with E-state index in [1.54, 1.807) is 0 Å². The predicted molar refractivity (Wildman–Crippen MR) is 63.0 cm³/mol. The number of nitrogens with zero attached hydrogens (tertiary/aromatic N) is 3. The fraction of sp³-hybridized carbons (Fsp3) is 0.909. The summed E-state index contributed by atoms with van der Waals surface area (Å²) in [6, 6.07) is 0. The standard InChI is InChI=1S/C11H21N3O2/c1-2-3-4-5-6-7-8-9-16-11(15)10-13-14-12/h2-10H2,1H3. The fourth-order valence-corrected chi connectivity index (χ4v) is 1.38. The number of carbonyl (C=O) groups excluding carboxylic acids is 1. The molecule has 16 heavy (non-hydrogen) atoms. The minimum absolute atomic E-state index is 0.201. The van der Waals surface area contributed by atoms with Gasteiger partial charge in [-0.05, 0) is 12.0 Å². The van der Waals surface area contributed by atoms with Crippen LogP contribution in [0.5, 0.6) is 0 Å². The second-order valence-corrected chi connectivity index (χ2v) is 3.73. The van der Waals surface area contributed by atoms with Crippen LogP contribution in [0.15, 0.2) is 5.11 Å². The largest absolute Gasteiger partial charge is 0.466 e. The van der Waals surface area contributed by atoms with Gasteiger partial charge in [0.25, 0.3) is 0 Å². The zero-order valence-corrected chi connectivity index (χ0v) is 10.0. The van der Waals surface area contributed by atoms with E-state index in [1.807, 2.05) is 0 Å². The zero-order valence-electron chi connectivity index (χ0n) is 10.0. The number of carbonyl (C=O) groups is 1. The average Bonchev–Trinajstić information content (AvgIpc) is 2.30. The van der Waals surface area contributed by atoms with E-state index in [0.717, 1.165) is 12.8 Å². The molecule has 0 aliphatic heterocycles. The lowest BCUT2D eigenvalue weighted by Gasteiger charge is -2.02. The summed E-state index contributed by atoms with van der Waals surface area (Å²) in [6.45, 7) is 2.43. The van der Waals surface area contributed by atoms with Gasteiger partial charge in [0, 0.05) is 4.91 Å². The van der Waals surface area contributed by atoms with Crippen LogP contribution in [0.25, 0.3) is 10.4 Å². The van der Waals surface area contributed by atoms with Crippen LogP contribution in [0.2, 0.25) is 0 Å². The number of unbranched alkanes of at least 4 members (excludes halogenated alkanes) is 6. The van der Waals surface area contributed by atoms with Crippen LogP contribution in [0.4, 0.5) is 0 Å². The molecule has 0 fully saturated rings. The van der Waals surface area contributed by atoms with Crippen molar-refractivity contribution < 1.29 is 9.53 Å². The van der Waals surface area contributed by atoms with Crippen LogP contribution < -0.4 is 0 Å². The smallest absolute Gasteiger partial charge is 0.311 e. The second kappa shape index (κ2) is 11.9. The van der Waals surface area contributed by atoms with E-state index in [1.165, 1.54) is 32.1 Å². The van der Waals surface area contributed by atoms with Crippen molar-refractivity contribution in [2.24, 2.45) is 5.11 Å². The first-order valence-corrected chi connectivity index (χ1v) is 5.97. The number of ether oxygens (including phenoxy) is 1. The normalized spacial score (nSPS) is 9.56. The molecule has 0 spiro atoms. The summed E-state index contributed by atoms with van der Waals surface area (Å²) < 4.78 is 4.87. The van der Waals surface area contributed by atoms with Gasteiger partial charge in [-0.25, -0.2) is 0 Å². The van der Waals surface area contributed by atoms with Gasteiger partial charge in [0.05, 0.1) is 6.61 Å². The summed E-state index contributed by atoms with van der Waals surface area (Å²) in [5, 5.41) is 3.13. The van der Waals surface area contributed by atoms with E-state index in [9.17, 15) is 4.79 Å². The molecule has 0 aliphatic carbocycles. The van der Waals surface area contributed by atoms with Gasteiger partial charge >= 0.3 is 5.97 Å². The second-order valence-electron chi connectivity index (χ2n) is 3.73. The molecule has 5 heteroatoms. The van der Waals surface area contributed by atoms with Crippen LogP contribution in [0.1, 0.15) is 51.9 Å². The summed E-state index contributed by atoms with van der Waals surface area (Å²) in [7, 11) is 0. The average molecular weight is 227 g/mol. The Balaban J connectivity index is 3.14. The third-order valence-electron chi connectivity index (χ3n) is 2.27. The van der Waals surface area contributed by atoms with E-state index in [0.29, 0.717) is 6.61 Å². The van der Waals surface area contributed by atoms with E-state index in [4.69, 9.17) is 10.3 Å². The van der Waals surface area contributed by atoms with Crippen LogP contribution in [-0.4, -0.2) is 19.1 Å². The van der Waals surface area contributed by atoms with Crippen molar-refractivity contribution in [1.29, 1.82) is 0 Å². The number of hydrogen-bond acceptors (Lipinski definition) is 3. The van der Waals surface area contributed by atoms with Crippen molar-refractivity contribution in [3.05, 3.63) is 10.4 Å². The molecule has 0 amide bonds. The summed E-state index contributed by atoms with van der Waals surface area (Å²) in [5.74, 6) is -0.441. The lowest BCUT2D eigenvalue weighted by molar-refractivity contribution is -0.141. The maximum absolute atomic E-state index is 10.9. The SMILES string of the molecule is CCCCCCCCCOC(=O)CN=[N+]=[N-]. The molecule has 0 aliphatic rings. The topological polar surface area (TPSA) is 75.1 Å². The number of rotatable bonds is 10. The molecule has 92 valence electrons. The van der Waals surface area contributed by atoms with Gasteiger partial charge in [-0.1, -0.05) is 50.6 Å². The number of azide groups is 1. The molecule has 0 rings (SSSR count). The first-order valence-electron chi connectivity index (χ1n) is 5.97. The van der Waals surface area contributed by atoms with Gasteiger partial charge < -0.3 is 4.74 Å². The van der Waals surface area contributed by atoms with Crippen molar-refractivity contribution >= 4 is 5.97 Å². The summed E-state index contributed by atoms with van der Waals surface area (Å²) in [4.78, 5) is 13.4. The van der Waals surface area contributed by atoms with Gasteiger partial charge in [0.15, 0.2) is 0 Å². The molecule has 0 saturated heterocycles. The third kappa shape index (κ3) is 10.9. The van der Waals surface area contributed by atoms with Gasteiger partial charge in [-0.3, -0.25) is 4.79 Å². The maximum Gasteiger partial charge on any atom is 0.311 e. The first kappa shape index (κ1) is 14.8. The Morgan fingerprint density at radius 3 is 2.44 bits per heavy atom. The highest BCUT2D eigenvalue weighted by molar-refractivity contribution is 5.71. The van der Waals surface area contributed by atoms with Gasteiger partial charge in [-0.15, -0.1) is 0 Å². The Labute approximate surface area is 96.8 Å². The molecule has 0 heterocycles. The maximum atomic E-state index is 10.9. The van der Waals surface area contributed by atoms with Crippen molar-refractivity contribution in [1.82, 2.24) is 0 Å². The van der Waals surface area contributed by atoms with E-state index >= 15 is 0 Å². The monoisotopic (exact) mass is 227 g/mol. The van der Waals surface area contributed by atoms with Gasteiger partial charge in [-0.2, -0.15) is 0 Å². The van der Waals surface area contributed by atoms with E-state index < -0.39 is 5.97 Å². The fourth-order valence-electron chi connectivity index (χ4n) is 1.38. The molecule has 0 atom stereocenters. The Kier molecular flexibility index (Phi) is 10.9. The minimum Gasteiger partial charge on any atom is -0.466 e. The Morgan fingerprint density at radius 2 is 1.81 bits per heavy atom. The number of esters is 1. The summed E-state index contributed by atoms with van der Waals surface area (Å²) >= 11 is 0. The quantitative estimate of drug-likeness (QED) is 0.188. The molecule has 0 N–H and O–H groups in total. The van der Waals surface area contributed by atoms with Crippen molar-refractivity contribution in [2.45, 2.75) is 51.9 Å². The Hall–Kier alpha value is -1.22. The molecule has 0 aromatic heterocycles. The van der Waals surface area contributed by atoms with Crippen molar-refractivity contribution in [3.63, 3.8) is 0 Å². The molecule has 0 unspecified atom stereocenters.